The zero-order chi connectivity index (χ0) is 15.2. The molecule has 1 heterocycles. The summed E-state index contributed by atoms with van der Waals surface area (Å²) in [5.41, 5.74) is 0.647. The van der Waals surface area contributed by atoms with Crippen LogP contribution in [0.4, 0.5) is 5.69 Å². The third-order valence-electron chi connectivity index (χ3n) is 2.67. The van der Waals surface area contributed by atoms with Gasteiger partial charge in [-0.05, 0) is 36.4 Å². The van der Waals surface area contributed by atoms with Gasteiger partial charge in [0.05, 0.1) is 24.6 Å². The van der Waals surface area contributed by atoms with Gasteiger partial charge in [0.1, 0.15) is 5.75 Å². The fourth-order valence-corrected chi connectivity index (χ4v) is 2.48. The number of nitrogens with one attached hydrogen (secondary N) is 1. The molecular formula is C13H17N5O2S. The van der Waals surface area contributed by atoms with Gasteiger partial charge in [-0.1, -0.05) is 23.9 Å². The number of carbonyl (C=O) groups excluding carboxylic acids is 1. The summed E-state index contributed by atoms with van der Waals surface area (Å²) in [5, 5.41) is 14.9. The van der Waals surface area contributed by atoms with Crippen LogP contribution in [0.25, 0.3) is 0 Å². The number of methoxy groups -OCH3 is 1. The van der Waals surface area contributed by atoms with Crippen molar-refractivity contribution in [3.8, 4) is 5.75 Å². The van der Waals surface area contributed by atoms with E-state index in [-0.39, 0.29) is 17.7 Å². The van der Waals surface area contributed by atoms with Crippen LogP contribution in [0.3, 0.4) is 0 Å². The monoisotopic (exact) mass is 307 g/mol. The number of hydrogen-bond donors (Lipinski definition) is 1. The fourth-order valence-electron chi connectivity index (χ4n) is 1.67. The van der Waals surface area contributed by atoms with Crippen LogP contribution in [-0.2, 0) is 4.79 Å². The molecule has 8 heteroatoms. The molecule has 0 spiro atoms. The minimum Gasteiger partial charge on any atom is -0.495 e. The number of nitrogens with zero attached hydrogens (tertiary/aromatic N) is 4. The number of aromatic nitrogens is 4. The van der Waals surface area contributed by atoms with Crippen molar-refractivity contribution in [1.82, 2.24) is 20.2 Å². The second kappa shape index (κ2) is 7.07. The molecule has 0 aliphatic carbocycles. The highest BCUT2D eigenvalue weighted by atomic mass is 32.2. The second-order valence-corrected chi connectivity index (χ2v) is 5.48. The van der Waals surface area contributed by atoms with Crippen LogP contribution in [0.1, 0.15) is 19.9 Å². The van der Waals surface area contributed by atoms with Gasteiger partial charge in [0, 0.05) is 0 Å². The molecule has 21 heavy (non-hydrogen) atoms. The molecule has 0 aliphatic rings. The molecule has 1 aromatic heterocycles. The van der Waals surface area contributed by atoms with Crippen LogP contribution in [0.2, 0.25) is 0 Å². The van der Waals surface area contributed by atoms with Gasteiger partial charge in [-0.25, -0.2) is 4.68 Å². The van der Waals surface area contributed by atoms with E-state index < -0.39 is 0 Å². The number of carbonyl (C=O) groups is 1. The zero-order valence-electron chi connectivity index (χ0n) is 12.1. The first kappa shape index (κ1) is 15.3. The van der Waals surface area contributed by atoms with Crippen LogP contribution in [0.15, 0.2) is 29.4 Å². The van der Waals surface area contributed by atoms with Gasteiger partial charge in [-0.2, -0.15) is 0 Å². The molecule has 0 radical (unpaired) electrons. The SMILES string of the molecule is COc1ccccc1NC(=O)CSc1nnnn1C(C)C. The second-order valence-electron chi connectivity index (χ2n) is 4.54. The van der Waals surface area contributed by atoms with Crippen molar-refractivity contribution in [2.24, 2.45) is 0 Å². The molecule has 1 aromatic carbocycles. The highest BCUT2D eigenvalue weighted by Gasteiger charge is 2.13. The third-order valence-corrected chi connectivity index (χ3v) is 3.60. The first-order valence-electron chi connectivity index (χ1n) is 6.45. The highest BCUT2D eigenvalue weighted by Crippen LogP contribution is 2.24. The van der Waals surface area contributed by atoms with E-state index in [9.17, 15) is 4.79 Å². The van der Waals surface area contributed by atoms with Crippen LogP contribution >= 0.6 is 11.8 Å². The van der Waals surface area contributed by atoms with Crippen LogP contribution in [0, 0.1) is 0 Å². The molecule has 0 saturated carbocycles. The third kappa shape index (κ3) is 3.94. The lowest BCUT2D eigenvalue weighted by molar-refractivity contribution is -0.113. The zero-order valence-corrected chi connectivity index (χ0v) is 12.9. The predicted molar refractivity (Wildman–Crippen MR) is 80.5 cm³/mol. The lowest BCUT2D eigenvalue weighted by Gasteiger charge is -2.10. The lowest BCUT2D eigenvalue weighted by atomic mass is 10.3. The number of hydrogen-bond acceptors (Lipinski definition) is 6. The van der Waals surface area contributed by atoms with Crippen molar-refractivity contribution >= 4 is 23.4 Å². The van der Waals surface area contributed by atoms with E-state index in [1.165, 1.54) is 11.8 Å². The molecule has 7 nitrogen and oxygen atoms in total. The molecule has 1 amide bonds. The Morgan fingerprint density at radius 3 is 2.90 bits per heavy atom. The first-order chi connectivity index (χ1) is 10.1. The van der Waals surface area contributed by atoms with Crippen molar-refractivity contribution in [2.75, 3.05) is 18.2 Å². The van der Waals surface area contributed by atoms with Gasteiger partial charge in [-0.3, -0.25) is 4.79 Å². The largest absolute Gasteiger partial charge is 0.495 e. The Morgan fingerprint density at radius 1 is 1.43 bits per heavy atom. The Labute approximate surface area is 127 Å². The molecule has 0 unspecified atom stereocenters. The smallest absolute Gasteiger partial charge is 0.234 e. The maximum Gasteiger partial charge on any atom is 0.234 e. The van der Waals surface area contributed by atoms with Crippen molar-refractivity contribution < 1.29 is 9.53 Å². The minimum atomic E-state index is -0.136. The Balaban J connectivity index is 1.95. The van der Waals surface area contributed by atoms with E-state index in [0.717, 1.165) is 0 Å². The van der Waals surface area contributed by atoms with E-state index >= 15 is 0 Å². The number of rotatable bonds is 6. The summed E-state index contributed by atoms with van der Waals surface area (Å²) in [6.07, 6.45) is 0. The van der Waals surface area contributed by atoms with Gasteiger partial charge in [0.25, 0.3) is 0 Å². The topological polar surface area (TPSA) is 81.9 Å². The quantitative estimate of drug-likeness (QED) is 0.822. The van der Waals surface area contributed by atoms with Gasteiger partial charge in [-0.15, -0.1) is 5.10 Å². The summed E-state index contributed by atoms with van der Waals surface area (Å²) in [5.74, 6) is 0.719. The molecule has 0 saturated heterocycles. The van der Waals surface area contributed by atoms with E-state index in [1.807, 2.05) is 26.0 Å². The maximum absolute atomic E-state index is 12.0. The summed E-state index contributed by atoms with van der Waals surface area (Å²) in [6.45, 7) is 3.96. The lowest BCUT2D eigenvalue weighted by Crippen LogP contribution is -2.15. The Morgan fingerprint density at radius 2 is 2.19 bits per heavy atom. The molecule has 0 aliphatic heterocycles. The summed E-state index contributed by atoms with van der Waals surface area (Å²) in [7, 11) is 1.57. The van der Waals surface area contributed by atoms with Crippen LogP contribution in [-0.4, -0.2) is 39.0 Å². The van der Waals surface area contributed by atoms with Crippen molar-refractivity contribution in [3.05, 3.63) is 24.3 Å². The van der Waals surface area contributed by atoms with Gasteiger partial charge in [0.15, 0.2) is 0 Å². The van der Waals surface area contributed by atoms with E-state index in [4.69, 9.17) is 4.74 Å². The number of ether oxygens (including phenoxy) is 1. The van der Waals surface area contributed by atoms with Gasteiger partial charge >= 0.3 is 0 Å². The molecule has 0 atom stereocenters. The Bertz CT molecular complexity index is 614. The van der Waals surface area contributed by atoms with Crippen molar-refractivity contribution in [1.29, 1.82) is 0 Å². The van der Waals surface area contributed by atoms with Crippen LogP contribution in [0.5, 0.6) is 5.75 Å². The average Bonchev–Trinajstić information content (AvgIpc) is 2.94. The predicted octanol–water partition coefficient (Wildman–Crippen LogP) is 1.99. The summed E-state index contributed by atoms with van der Waals surface area (Å²) in [4.78, 5) is 12.0. The molecule has 0 bridgehead atoms. The molecule has 2 aromatic rings. The number of tetrazole rings is 1. The van der Waals surface area contributed by atoms with Gasteiger partial charge in [0.2, 0.25) is 11.1 Å². The normalized spacial score (nSPS) is 10.7. The summed E-state index contributed by atoms with van der Waals surface area (Å²) < 4.78 is 6.87. The molecular weight excluding hydrogens is 290 g/mol. The number of anilines is 1. The number of benzene rings is 1. The van der Waals surface area contributed by atoms with Crippen molar-refractivity contribution in [3.63, 3.8) is 0 Å². The molecule has 1 N–H and O–H groups in total. The van der Waals surface area contributed by atoms with E-state index in [2.05, 4.69) is 20.8 Å². The summed E-state index contributed by atoms with van der Waals surface area (Å²) in [6, 6.07) is 7.42. The number of para-hydroxylation sites is 2. The van der Waals surface area contributed by atoms with Crippen LogP contribution < -0.4 is 10.1 Å². The first-order valence-corrected chi connectivity index (χ1v) is 7.44. The fraction of sp³-hybridized carbons (Fsp3) is 0.385. The van der Waals surface area contributed by atoms with E-state index in [0.29, 0.717) is 16.6 Å². The minimum absolute atomic E-state index is 0.136. The molecule has 0 fully saturated rings. The maximum atomic E-state index is 12.0. The highest BCUT2D eigenvalue weighted by molar-refractivity contribution is 7.99. The Kier molecular flexibility index (Phi) is 5.15. The number of thioether (sulfide) groups is 1. The molecule has 2 rings (SSSR count). The standard InChI is InChI=1S/C13H17N5O2S/c1-9(2)18-13(15-16-17-18)21-8-12(19)14-10-6-4-5-7-11(10)20-3/h4-7,9H,8H2,1-3H3,(H,14,19). The summed E-state index contributed by atoms with van der Waals surface area (Å²) >= 11 is 1.30. The average molecular weight is 307 g/mol. The molecule has 112 valence electrons. The number of amides is 1. The van der Waals surface area contributed by atoms with Gasteiger partial charge < -0.3 is 10.1 Å². The Hall–Kier alpha value is -2.09. The van der Waals surface area contributed by atoms with E-state index in [1.54, 1.807) is 23.9 Å². The van der Waals surface area contributed by atoms with Crippen molar-refractivity contribution in [2.45, 2.75) is 25.0 Å².